The summed E-state index contributed by atoms with van der Waals surface area (Å²) >= 11 is 0. The molecule has 0 amide bonds. The Hall–Kier alpha value is -1.46. The number of hydrogen-bond acceptors (Lipinski definition) is 5. The van der Waals surface area contributed by atoms with Crippen molar-refractivity contribution in [3.63, 3.8) is 0 Å². The molecule has 0 saturated heterocycles. The van der Waals surface area contributed by atoms with Crippen LogP contribution in [0.25, 0.3) is 0 Å². The summed E-state index contributed by atoms with van der Waals surface area (Å²) < 4.78 is 10.3. The molecule has 0 fully saturated rings. The summed E-state index contributed by atoms with van der Waals surface area (Å²) in [5.74, 6) is 1.37. The molecule has 0 aliphatic rings. The average molecular weight is 255 g/mol. The summed E-state index contributed by atoms with van der Waals surface area (Å²) in [7, 11) is 3.17. The van der Waals surface area contributed by atoms with Crippen LogP contribution >= 0.6 is 0 Å². The third kappa shape index (κ3) is 3.78. The lowest BCUT2D eigenvalue weighted by Gasteiger charge is -2.25. The maximum Gasteiger partial charge on any atom is 0.124 e. The molecule has 1 aromatic carbocycles. The van der Waals surface area contributed by atoms with Gasteiger partial charge in [0.25, 0.3) is 0 Å². The third-order valence-corrected chi connectivity index (χ3v) is 2.83. The Morgan fingerprint density at radius 2 is 1.56 bits per heavy atom. The molecule has 1 rings (SSSR count). The van der Waals surface area contributed by atoms with E-state index in [9.17, 15) is 10.2 Å². The zero-order valence-corrected chi connectivity index (χ0v) is 11.1. The van der Waals surface area contributed by atoms with Crippen LogP contribution in [-0.4, -0.2) is 44.2 Å². The molecule has 0 aliphatic heterocycles. The fourth-order valence-corrected chi connectivity index (χ4v) is 1.39. The average Bonchev–Trinajstić information content (AvgIpc) is 2.44. The predicted octanol–water partition coefficient (Wildman–Crippen LogP) is 1.11. The van der Waals surface area contributed by atoms with E-state index >= 15 is 0 Å². The molecule has 0 aliphatic carbocycles. The van der Waals surface area contributed by atoms with E-state index in [0.717, 1.165) is 5.69 Å². The van der Waals surface area contributed by atoms with Crippen LogP contribution < -0.4 is 14.8 Å². The Morgan fingerprint density at radius 3 is 1.94 bits per heavy atom. The Balaban J connectivity index is 2.78. The summed E-state index contributed by atoms with van der Waals surface area (Å²) in [5, 5.41) is 21.6. The highest BCUT2D eigenvalue weighted by Crippen LogP contribution is 2.26. The van der Waals surface area contributed by atoms with Gasteiger partial charge in [0.15, 0.2) is 0 Å². The minimum Gasteiger partial charge on any atom is -0.497 e. The SMILES string of the molecule is COc1cc(NCC(C)(CO)CO)cc(OC)c1. The van der Waals surface area contributed by atoms with Crippen LogP contribution in [-0.2, 0) is 0 Å². The summed E-state index contributed by atoms with van der Waals surface area (Å²) in [6.07, 6.45) is 0. The lowest BCUT2D eigenvalue weighted by Crippen LogP contribution is -2.34. The van der Waals surface area contributed by atoms with Crippen LogP contribution in [0.3, 0.4) is 0 Å². The molecule has 102 valence electrons. The molecular weight excluding hydrogens is 234 g/mol. The number of anilines is 1. The number of aliphatic hydroxyl groups is 2. The van der Waals surface area contributed by atoms with E-state index in [1.807, 2.05) is 12.1 Å². The molecule has 0 atom stereocenters. The second kappa shape index (κ2) is 6.47. The second-order valence-electron chi connectivity index (χ2n) is 4.58. The molecule has 0 unspecified atom stereocenters. The third-order valence-electron chi connectivity index (χ3n) is 2.83. The maximum atomic E-state index is 9.22. The van der Waals surface area contributed by atoms with Gasteiger partial charge in [-0.3, -0.25) is 0 Å². The van der Waals surface area contributed by atoms with Gasteiger partial charge in [-0.1, -0.05) is 6.92 Å². The smallest absolute Gasteiger partial charge is 0.124 e. The number of methoxy groups -OCH3 is 2. The molecule has 3 N–H and O–H groups in total. The Kier molecular flexibility index (Phi) is 5.25. The van der Waals surface area contributed by atoms with E-state index in [-0.39, 0.29) is 13.2 Å². The molecule has 0 bridgehead atoms. The van der Waals surface area contributed by atoms with Gasteiger partial charge in [-0.25, -0.2) is 0 Å². The molecular formula is C13H21NO4. The van der Waals surface area contributed by atoms with Gasteiger partial charge in [0.05, 0.1) is 27.4 Å². The van der Waals surface area contributed by atoms with Crippen molar-refractivity contribution in [2.75, 3.05) is 39.3 Å². The van der Waals surface area contributed by atoms with E-state index in [1.54, 1.807) is 27.2 Å². The fourth-order valence-electron chi connectivity index (χ4n) is 1.39. The van der Waals surface area contributed by atoms with Gasteiger partial charge in [0.2, 0.25) is 0 Å². The number of benzene rings is 1. The molecule has 0 aromatic heterocycles. The Labute approximate surface area is 107 Å². The highest BCUT2D eigenvalue weighted by molar-refractivity contribution is 5.53. The van der Waals surface area contributed by atoms with E-state index in [2.05, 4.69) is 5.32 Å². The topological polar surface area (TPSA) is 71.0 Å². The highest BCUT2D eigenvalue weighted by Gasteiger charge is 2.22. The number of ether oxygens (including phenoxy) is 2. The minimum absolute atomic E-state index is 0.0857. The first kappa shape index (κ1) is 14.6. The van der Waals surface area contributed by atoms with Crippen molar-refractivity contribution in [1.29, 1.82) is 0 Å². The summed E-state index contributed by atoms with van der Waals surface area (Å²) in [6.45, 7) is 2.09. The van der Waals surface area contributed by atoms with Crippen LogP contribution in [0.15, 0.2) is 18.2 Å². The largest absolute Gasteiger partial charge is 0.497 e. The fraction of sp³-hybridized carbons (Fsp3) is 0.538. The van der Waals surface area contributed by atoms with Crippen LogP contribution in [0.2, 0.25) is 0 Å². The van der Waals surface area contributed by atoms with E-state index in [0.29, 0.717) is 18.0 Å². The second-order valence-corrected chi connectivity index (χ2v) is 4.58. The number of rotatable bonds is 7. The van der Waals surface area contributed by atoms with Gasteiger partial charge in [0.1, 0.15) is 11.5 Å². The van der Waals surface area contributed by atoms with Gasteiger partial charge in [-0.05, 0) is 0 Å². The van der Waals surface area contributed by atoms with Crippen LogP contribution in [0.4, 0.5) is 5.69 Å². The van der Waals surface area contributed by atoms with Crippen molar-refractivity contribution in [3.8, 4) is 11.5 Å². The van der Waals surface area contributed by atoms with Crippen molar-refractivity contribution in [1.82, 2.24) is 0 Å². The van der Waals surface area contributed by atoms with Crippen LogP contribution in [0.1, 0.15) is 6.92 Å². The minimum atomic E-state index is -0.559. The van der Waals surface area contributed by atoms with Crippen molar-refractivity contribution in [2.45, 2.75) is 6.92 Å². The summed E-state index contributed by atoms with van der Waals surface area (Å²) in [4.78, 5) is 0. The first-order valence-electron chi connectivity index (χ1n) is 5.75. The lowest BCUT2D eigenvalue weighted by atomic mass is 9.93. The quantitative estimate of drug-likeness (QED) is 0.680. The molecule has 0 heterocycles. The van der Waals surface area contributed by atoms with Gasteiger partial charge < -0.3 is 25.0 Å². The lowest BCUT2D eigenvalue weighted by molar-refractivity contribution is 0.0806. The van der Waals surface area contributed by atoms with Gasteiger partial charge in [0, 0.05) is 35.8 Å². The van der Waals surface area contributed by atoms with Crippen LogP contribution in [0, 0.1) is 5.41 Å². The summed E-state index contributed by atoms with van der Waals surface area (Å²) in [5.41, 5.74) is 0.260. The number of aliphatic hydroxyl groups excluding tert-OH is 2. The summed E-state index contributed by atoms with van der Waals surface area (Å²) in [6, 6.07) is 5.44. The Morgan fingerprint density at radius 1 is 1.06 bits per heavy atom. The number of hydrogen-bond donors (Lipinski definition) is 3. The normalized spacial score (nSPS) is 11.2. The van der Waals surface area contributed by atoms with Crippen molar-refractivity contribution < 1.29 is 19.7 Å². The molecule has 5 nitrogen and oxygen atoms in total. The first-order chi connectivity index (χ1) is 8.56. The standard InChI is InChI=1S/C13H21NO4/c1-13(8-15,9-16)7-14-10-4-11(17-2)6-12(5-10)18-3/h4-6,14-16H,7-9H2,1-3H3. The Bertz CT molecular complexity index is 355. The van der Waals surface area contributed by atoms with Gasteiger partial charge in [-0.15, -0.1) is 0 Å². The zero-order chi connectivity index (χ0) is 13.6. The van der Waals surface area contributed by atoms with Gasteiger partial charge in [-0.2, -0.15) is 0 Å². The van der Waals surface area contributed by atoms with Crippen molar-refractivity contribution >= 4 is 5.69 Å². The van der Waals surface area contributed by atoms with E-state index in [1.165, 1.54) is 0 Å². The molecule has 18 heavy (non-hydrogen) atoms. The van der Waals surface area contributed by atoms with E-state index < -0.39 is 5.41 Å². The first-order valence-corrected chi connectivity index (χ1v) is 5.75. The molecule has 0 radical (unpaired) electrons. The maximum absolute atomic E-state index is 9.22. The van der Waals surface area contributed by atoms with Crippen molar-refractivity contribution in [3.05, 3.63) is 18.2 Å². The van der Waals surface area contributed by atoms with Crippen LogP contribution in [0.5, 0.6) is 11.5 Å². The molecule has 0 spiro atoms. The van der Waals surface area contributed by atoms with E-state index in [4.69, 9.17) is 9.47 Å². The number of nitrogens with one attached hydrogen (secondary N) is 1. The molecule has 5 heteroatoms. The van der Waals surface area contributed by atoms with Crippen molar-refractivity contribution in [2.24, 2.45) is 5.41 Å². The molecule has 1 aromatic rings. The monoisotopic (exact) mass is 255 g/mol. The predicted molar refractivity (Wildman–Crippen MR) is 70.3 cm³/mol. The molecule has 0 saturated carbocycles. The highest BCUT2D eigenvalue weighted by atomic mass is 16.5. The zero-order valence-electron chi connectivity index (χ0n) is 11.1. The van der Waals surface area contributed by atoms with Gasteiger partial charge >= 0.3 is 0 Å².